The number of carbonyl (C=O) groups is 2. The standard InChI is InChI=1S/C18H22ClN3O4/c1-11-15(9-16(23)20-18(3,10-26-4)17(24)25)12(2)22(21-11)14-7-5-13(19)6-8-14/h5-8H,9-10H2,1-4H3,(H,20,23)(H,24,25). The van der Waals surface area contributed by atoms with Crippen LogP contribution in [-0.2, 0) is 20.7 Å². The fraction of sp³-hybridized carbons (Fsp3) is 0.389. The number of nitrogens with one attached hydrogen (secondary N) is 1. The van der Waals surface area contributed by atoms with Crippen LogP contribution in [0.2, 0.25) is 5.02 Å². The molecule has 2 rings (SSSR count). The van der Waals surface area contributed by atoms with E-state index >= 15 is 0 Å². The van der Waals surface area contributed by atoms with Crippen molar-refractivity contribution in [1.29, 1.82) is 0 Å². The summed E-state index contributed by atoms with van der Waals surface area (Å²) in [6.45, 7) is 4.96. The molecule has 1 aromatic carbocycles. The van der Waals surface area contributed by atoms with Crippen molar-refractivity contribution in [3.05, 3.63) is 46.2 Å². The summed E-state index contributed by atoms with van der Waals surface area (Å²) in [6, 6.07) is 7.21. The fourth-order valence-corrected chi connectivity index (χ4v) is 2.84. The van der Waals surface area contributed by atoms with Crippen LogP contribution in [0.4, 0.5) is 0 Å². The lowest BCUT2D eigenvalue weighted by Gasteiger charge is -2.25. The predicted octanol–water partition coefficient (Wildman–Crippen LogP) is 2.29. The number of aromatic nitrogens is 2. The maximum absolute atomic E-state index is 12.4. The van der Waals surface area contributed by atoms with Gasteiger partial charge in [-0.05, 0) is 45.0 Å². The molecule has 0 bridgehead atoms. The van der Waals surface area contributed by atoms with Crippen LogP contribution in [0.15, 0.2) is 24.3 Å². The highest BCUT2D eigenvalue weighted by Crippen LogP contribution is 2.20. The van der Waals surface area contributed by atoms with Crippen LogP contribution in [-0.4, -0.2) is 46.0 Å². The van der Waals surface area contributed by atoms with Crippen molar-refractivity contribution in [2.75, 3.05) is 13.7 Å². The molecule has 8 heteroatoms. The number of nitrogens with zero attached hydrogens (tertiary/aromatic N) is 2. The van der Waals surface area contributed by atoms with Gasteiger partial charge in [-0.3, -0.25) is 4.79 Å². The molecule has 7 nitrogen and oxygen atoms in total. The van der Waals surface area contributed by atoms with Gasteiger partial charge in [0.05, 0.1) is 24.4 Å². The number of carbonyl (C=O) groups excluding carboxylic acids is 1. The molecule has 2 N–H and O–H groups in total. The van der Waals surface area contributed by atoms with Crippen molar-refractivity contribution >= 4 is 23.5 Å². The minimum absolute atomic E-state index is 0.0256. The summed E-state index contributed by atoms with van der Waals surface area (Å²) in [5.74, 6) is -1.56. The quantitative estimate of drug-likeness (QED) is 0.769. The summed E-state index contributed by atoms with van der Waals surface area (Å²) in [5, 5.41) is 17.0. The maximum atomic E-state index is 12.4. The van der Waals surface area contributed by atoms with Gasteiger partial charge in [0.2, 0.25) is 5.91 Å². The number of aliphatic carboxylic acids is 1. The zero-order chi connectivity index (χ0) is 19.5. The minimum Gasteiger partial charge on any atom is -0.479 e. The molecule has 0 aliphatic carbocycles. The van der Waals surface area contributed by atoms with Gasteiger partial charge >= 0.3 is 5.97 Å². The van der Waals surface area contributed by atoms with Crippen molar-refractivity contribution in [2.24, 2.45) is 0 Å². The van der Waals surface area contributed by atoms with Crippen LogP contribution in [0, 0.1) is 13.8 Å². The normalized spacial score (nSPS) is 13.3. The molecule has 1 amide bonds. The number of aryl methyl sites for hydroxylation is 1. The minimum atomic E-state index is -1.49. The van der Waals surface area contributed by atoms with E-state index in [-0.39, 0.29) is 13.0 Å². The molecular weight excluding hydrogens is 358 g/mol. The Bertz CT molecular complexity index is 817. The van der Waals surface area contributed by atoms with Crippen molar-refractivity contribution in [3.8, 4) is 5.69 Å². The van der Waals surface area contributed by atoms with Crippen LogP contribution in [0.3, 0.4) is 0 Å². The molecule has 2 aromatic rings. The third-order valence-corrected chi connectivity index (χ3v) is 4.42. The van der Waals surface area contributed by atoms with Gasteiger partial charge in [-0.2, -0.15) is 5.10 Å². The van der Waals surface area contributed by atoms with E-state index in [0.717, 1.165) is 16.9 Å². The number of carboxylic acids is 1. The van der Waals surface area contributed by atoms with Crippen LogP contribution < -0.4 is 5.32 Å². The second kappa shape index (κ2) is 7.88. The second-order valence-corrected chi connectivity index (χ2v) is 6.77. The highest BCUT2D eigenvalue weighted by atomic mass is 35.5. The average Bonchev–Trinajstić information content (AvgIpc) is 2.83. The Morgan fingerprint density at radius 2 is 1.92 bits per heavy atom. The smallest absolute Gasteiger partial charge is 0.331 e. The molecular formula is C18H22ClN3O4. The summed E-state index contributed by atoms with van der Waals surface area (Å²) < 4.78 is 6.65. The number of hydrogen-bond donors (Lipinski definition) is 2. The molecule has 1 heterocycles. The molecule has 1 atom stereocenters. The van der Waals surface area contributed by atoms with E-state index in [1.165, 1.54) is 14.0 Å². The van der Waals surface area contributed by atoms with Crippen LogP contribution >= 0.6 is 11.6 Å². The Kier molecular flexibility index (Phi) is 6.05. The van der Waals surface area contributed by atoms with E-state index in [1.54, 1.807) is 16.8 Å². The van der Waals surface area contributed by atoms with Crippen LogP contribution in [0.25, 0.3) is 5.69 Å². The lowest BCUT2D eigenvalue weighted by Crippen LogP contribution is -2.55. The number of halogens is 1. The Balaban J connectivity index is 2.23. The lowest BCUT2D eigenvalue weighted by atomic mass is 10.0. The first-order valence-electron chi connectivity index (χ1n) is 8.02. The first kappa shape index (κ1) is 19.9. The highest BCUT2D eigenvalue weighted by Gasteiger charge is 2.35. The van der Waals surface area contributed by atoms with E-state index in [0.29, 0.717) is 10.7 Å². The number of benzene rings is 1. The van der Waals surface area contributed by atoms with E-state index in [2.05, 4.69) is 10.4 Å². The molecule has 0 saturated heterocycles. The topological polar surface area (TPSA) is 93.5 Å². The van der Waals surface area contributed by atoms with Gasteiger partial charge in [0.15, 0.2) is 5.54 Å². The van der Waals surface area contributed by atoms with Crippen molar-refractivity contribution < 1.29 is 19.4 Å². The molecule has 0 fully saturated rings. The van der Waals surface area contributed by atoms with Crippen LogP contribution in [0.1, 0.15) is 23.9 Å². The summed E-state index contributed by atoms with van der Waals surface area (Å²) >= 11 is 5.92. The van der Waals surface area contributed by atoms with Gasteiger partial charge in [-0.1, -0.05) is 11.6 Å². The van der Waals surface area contributed by atoms with Crippen LogP contribution in [0.5, 0.6) is 0 Å². The van der Waals surface area contributed by atoms with E-state index in [4.69, 9.17) is 16.3 Å². The first-order valence-corrected chi connectivity index (χ1v) is 8.40. The molecule has 0 radical (unpaired) electrons. The zero-order valence-electron chi connectivity index (χ0n) is 15.2. The largest absolute Gasteiger partial charge is 0.479 e. The number of amides is 1. The van der Waals surface area contributed by atoms with Gasteiger partial charge in [-0.15, -0.1) is 0 Å². The fourth-order valence-electron chi connectivity index (χ4n) is 2.72. The monoisotopic (exact) mass is 379 g/mol. The highest BCUT2D eigenvalue weighted by molar-refractivity contribution is 6.30. The molecule has 26 heavy (non-hydrogen) atoms. The average molecular weight is 380 g/mol. The van der Waals surface area contributed by atoms with Crippen molar-refractivity contribution in [3.63, 3.8) is 0 Å². The van der Waals surface area contributed by atoms with Crippen molar-refractivity contribution in [2.45, 2.75) is 32.7 Å². The third kappa shape index (κ3) is 4.23. The Morgan fingerprint density at radius 1 is 1.31 bits per heavy atom. The molecule has 1 aromatic heterocycles. The number of methoxy groups -OCH3 is 1. The van der Waals surface area contributed by atoms with Gasteiger partial charge in [0, 0.05) is 23.4 Å². The number of hydrogen-bond acceptors (Lipinski definition) is 4. The van der Waals surface area contributed by atoms with Crippen molar-refractivity contribution in [1.82, 2.24) is 15.1 Å². The summed E-state index contributed by atoms with van der Waals surface area (Å²) in [7, 11) is 1.39. The first-order chi connectivity index (χ1) is 12.2. The van der Waals surface area contributed by atoms with Gasteiger partial charge in [-0.25, -0.2) is 9.48 Å². The molecule has 0 spiro atoms. The Morgan fingerprint density at radius 3 is 2.46 bits per heavy atom. The number of ether oxygens (including phenoxy) is 1. The third-order valence-electron chi connectivity index (χ3n) is 4.17. The Labute approximate surface area is 156 Å². The SMILES string of the molecule is COCC(C)(NC(=O)Cc1c(C)nn(-c2ccc(Cl)cc2)c1C)C(=O)O. The molecule has 0 aliphatic heterocycles. The van der Waals surface area contributed by atoms with Gasteiger partial charge < -0.3 is 15.2 Å². The maximum Gasteiger partial charge on any atom is 0.331 e. The second-order valence-electron chi connectivity index (χ2n) is 6.33. The van der Waals surface area contributed by atoms with E-state index in [1.807, 2.05) is 26.0 Å². The number of carboxylic acid groups (broad SMARTS) is 1. The van der Waals surface area contributed by atoms with E-state index in [9.17, 15) is 14.7 Å². The molecule has 0 saturated carbocycles. The zero-order valence-corrected chi connectivity index (χ0v) is 15.9. The van der Waals surface area contributed by atoms with E-state index < -0.39 is 17.4 Å². The molecule has 140 valence electrons. The lowest BCUT2D eigenvalue weighted by molar-refractivity contribution is -0.149. The molecule has 1 unspecified atom stereocenters. The predicted molar refractivity (Wildman–Crippen MR) is 97.8 cm³/mol. The molecule has 0 aliphatic rings. The number of rotatable bonds is 7. The summed E-state index contributed by atoms with van der Waals surface area (Å²) in [6.07, 6.45) is 0.0256. The summed E-state index contributed by atoms with van der Waals surface area (Å²) in [4.78, 5) is 23.8. The van der Waals surface area contributed by atoms with Gasteiger partial charge in [0.1, 0.15) is 0 Å². The Hall–Kier alpha value is -2.38. The summed E-state index contributed by atoms with van der Waals surface area (Å²) in [5.41, 5.74) is 1.61. The van der Waals surface area contributed by atoms with Gasteiger partial charge in [0.25, 0.3) is 0 Å².